The van der Waals surface area contributed by atoms with Gasteiger partial charge in [-0.15, -0.1) is 0 Å². The maximum Gasteiger partial charge on any atom is 0.336 e. The Bertz CT molecular complexity index is 650. The van der Waals surface area contributed by atoms with Crippen LogP contribution in [0.25, 0.3) is 11.1 Å². The Morgan fingerprint density at radius 1 is 1.05 bits per heavy atom. The topological polar surface area (TPSA) is 80.4 Å². The number of halogens is 1. The fraction of sp³-hybridized carbons (Fsp3) is 0. The highest BCUT2D eigenvalue weighted by molar-refractivity contribution is 9.10. The molecule has 2 aromatic rings. The van der Waals surface area contributed by atoms with Gasteiger partial charge in [0.15, 0.2) is 0 Å². The number of hydrogen-bond acceptors (Lipinski definition) is 2. The molecule has 0 spiro atoms. The number of nitrogens with two attached hydrogens (primary N) is 1. The minimum atomic E-state index is -1.17. The summed E-state index contributed by atoms with van der Waals surface area (Å²) in [7, 11) is 0. The molecule has 5 heteroatoms. The Kier molecular flexibility index (Phi) is 3.66. The van der Waals surface area contributed by atoms with Crippen molar-refractivity contribution in [3.8, 4) is 11.1 Å². The number of aromatic carboxylic acids is 1. The van der Waals surface area contributed by atoms with Gasteiger partial charge in [-0.2, -0.15) is 0 Å². The van der Waals surface area contributed by atoms with Crippen molar-refractivity contribution in [3.05, 3.63) is 58.1 Å². The van der Waals surface area contributed by atoms with Crippen LogP contribution in [-0.2, 0) is 0 Å². The maximum absolute atomic E-state index is 11.5. The molecule has 0 aromatic heterocycles. The Morgan fingerprint density at radius 3 is 2.21 bits per heavy atom. The van der Waals surface area contributed by atoms with Crippen LogP contribution in [0.15, 0.2) is 46.9 Å². The lowest BCUT2D eigenvalue weighted by molar-refractivity contribution is 0.0692. The molecule has 0 fully saturated rings. The van der Waals surface area contributed by atoms with Gasteiger partial charge in [0.25, 0.3) is 0 Å². The van der Waals surface area contributed by atoms with Crippen LogP contribution in [0, 0.1) is 0 Å². The second-order valence-corrected chi connectivity index (χ2v) is 4.82. The van der Waals surface area contributed by atoms with E-state index in [1.165, 1.54) is 6.07 Å². The Labute approximate surface area is 118 Å². The number of carboxylic acid groups (broad SMARTS) is 1. The minimum Gasteiger partial charge on any atom is -0.478 e. The lowest BCUT2D eigenvalue weighted by Crippen LogP contribution is -2.17. The number of rotatable bonds is 3. The molecule has 3 N–H and O–H groups in total. The van der Waals surface area contributed by atoms with E-state index in [-0.39, 0.29) is 11.1 Å². The zero-order valence-electron chi connectivity index (χ0n) is 9.76. The van der Waals surface area contributed by atoms with Crippen molar-refractivity contribution in [1.29, 1.82) is 0 Å². The predicted molar refractivity (Wildman–Crippen MR) is 75.1 cm³/mol. The van der Waals surface area contributed by atoms with Crippen molar-refractivity contribution in [2.75, 3.05) is 0 Å². The van der Waals surface area contributed by atoms with Gasteiger partial charge < -0.3 is 10.8 Å². The van der Waals surface area contributed by atoms with Crippen molar-refractivity contribution in [2.45, 2.75) is 0 Å². The number of benzene rings is 2. The van der Waals surface area contributed by atoms with Crippen LogP contribution in [0.5, 0.6) is 0 Å². The first-order valence-electron chi connectivity index (χ1n) is 5.42. The van der Waals surface area contributed by atoms with Gasteiger partial charge in [0.05, 0.1) is 11.1 Å². The van der Waals surface area contributed by atoms with Crippen LogP contribution in [0.3, 0.4) is 0 Å². The Hall–Kier alpha value is -2.14. The van der Waals surface area contributed by atoms with Crippen molar-refractivity contribution in [3.63, 3.8) is 0 Å². The maximum atomic E-state index is 11.5. The molecule has 0 aliphatic heterocycles. The van der Waals surface area contributed by atoms with E-state index in [1.54, 1.807) is 24.3 Å². The van der Waals surface area contributed by atoms with Gasteiger partial charge in [0.2, 0.25) is 5.91 Å². The zero-order chi connectivity index (χ0) is 14.0. The summed E-state index contributed by atoms with van der Waals surface area (Å²) in [6, 6.07) is 11.8. The third-order valence-electron chi connectivity index (χ3n) is 2.70. The van der Waals surface area contributed by atoms with Crippen molar-refractivity contribution < 1.29 is 14.7 Å². The van der Waals surface area contributed by atoms with E-state index in [9.17, 15) is 9.59 Å². The molecular formula is C14H10BrNO3. The van der Waals surface area contributed by atoms with E-state index in [4.69, 9.17) is 10.8 Å². The number of hydrogen-bond donors (Lipinski definition) is 2. The fourth-order valence-electron chi connectivity index (χ4n) is 1.87. The Morgan fingerprint density at radius 2 is 1.68 bits per heavy atom. The van der Waals surface area contributed by atoms with E-state index < -0.39 is 11.9 Å². The third kappa shape index (κ3) is 2.66. The number of carbonyl (C=O) groups excluding carboxylic acids is 1. The van der Waals surface area contributed by atoms with Crippen LogP contribution in [0.1, 0.15) is 20.7 Å². The Balaban J connectivity index is 2.69. The van der Waals surface area contributed by atoms with Gasteiger partial charge in [0.1, 0.15) is 0 Å². The highest BCUT2D eigenvalue weighted by Crippen LogP contribution is 2.27. The van der Waals surface area contributed by atoms with Crippen LogP contribution in [0.2, 0.25) is 0 Å². The molecule has 0 aliphatic rings. The molecule has 4 nitrogen and oxygen atoms in total. The highest BCUT2D eigenvalue weighted by atomic mass is 79.9. The van der Waals surface area contributed by atoms with Crippen molar-refractivity contribution >= 4 is 27.8 Å². The first-order chi connectivity index (χ1) is 9.00. The summed E-state index contributed by atoms with van der Waals surface area (Å²) in [4.78, 5) is 22.7. The minimum absolute atomic E-state index is 0.0253. The SMILES string of the molecule is NC(=O)c1c(C(=O)O)cccc1-c1ccc(Br)cc1. The summed E-state index contributed by atoms with van der Waals surface area (Å²) >= 11 is 3.32. The average Bonchev–Trinajstić information content (AvgIpc) is 2.38. The smallest absolute Gasteiger partial charge is 0.336 e. The van der Waals surface area contributed by atoms with Gasteiger partial charge in [-0.25, -0.2) is 4.79 Å². The van der Waals surface area contributed by atoms with Gasteiger partial charge in [-0.3, -0.25) is 4.79 Å². The van der Waals surface area contributed by atoms with Crippen LogP contribution < -0.4 is 5.73 Å². The summed E-state index contributed by atoms with van der Waals surface area (Å²) < 4.78 is 0.895. The van der Waals surface area contributed by atoms with Gasteiger partial charge in [-0.05, 0) is 29.3 Å². The molecule has 0 saturated heterocycles. The number of amides is 1. The number of primary amides is 1. The standard InChI is InChI=1S/C14H10BrNO3/c15-9-6-4-8(5-7-9)10-2-1-3-11(14(18)19)12(10)13(16)17/h1-7H,(H2,16,17)(H,18,19). The monoisotopic (exact) mass is 319 g/mol. The highest BCUT2D eigenvalue weighted by Gasteiger charge is 2.19. The van der Waals surface area contributed by atoms with Crippen molar-refractivity contribution in [2.24, 2.45) is 5.73 Å². The quantitative estimate of drug-likeness (QED) is 0.912. The molecule has 0 unspecified atom stereocenters. The summed E-state index contributed by atoms with van der Waals surface area (Å²) in [5.41, 5.74) is 6.49. The lowest BCUT2D eigenvalue weighted by atomic mass is 9.95. The fourth-order valence-corrected chi connectivity index (χ4v) is 2.13. The lowest BCUT2D eigenvalue weighted by Gasteiger charge is -2.10. The normalized spacial score (nSPS) is 10.2. The predicted octanol–water partition coefficient (Wildman–Crippen LogP) is 2.91. The average molecular weight is 320 g/mol. The third-order valence-corrected chi connectivity index (χ3v) is 3.23. The molecule has 0 atom stereocenters. The summed E-state index contributed by atoms with van der Waals surface area (Å²) in [6.45, 7) is 0. The molecule has 2 rings (SSSR count). The van der Waals surface area contributed by atoms with Gasteiger partial charge in [0, 0.05) is 4.47 Å². The van der Waals surface area contributed by atoms with E-state index >= 15 is 0 Å². The molecule has 1 amide bonds. The molecule has 0 aliphatic carbocycles. The molecule has 2 aromatic carbocycles. The van der Waals surface area contributed by atoms with E-state index in [1.807, 2.05) is 12.1 Å². The largest absolute Gasteiger partial charge is 0.478 e. The molecule has 19 heavy (non-hydrogen) atoms. The van der Waals surface area contributed by atoms with Crippen LogP contribution in [0.4, 0.5) is 0 Å². The molecular weight excluding hydrogens is 310 g/mol. The second kappa shape index (κ2) is 5.24. The van der Waals surface area contributed by atoms with Crippen LogP contribution in [-0.4, -0.2) is 17.0 Å². The summed E-state index contributed by atoms with van der Waals surface area (Å²) in [6.07, 6.45) is 0. The first-order valence-corrected chi connectivity index (χ1v) is 6.22. The van der Waals surface area contributed by atoms with Gasteiger partial charge >= 0.3 is 5.97 Å². The molecule has 96 valence electrons. The molecule has 0 radical (unpaired) electrons. The second-order valence-electron chi connectivity index (χ2n) is 3.90. The van der Waals surface area contributed by atoms with Crippen molar-refractivity contribution in [1.82, 2.24) is 0 Å². The number of carbonyl (C=O) groups is 2. The number of carboxylic acids is 1. The first kappa shape index (κ1) is 13.3. The summed E-state index contributed by atoms with van der Waals surface area (Å²) in [5.74, 6) is -1.93. The van der Waals surface area contributed by atoms with E-state index in [0.29, 0.717) is 5.56 Å². The molecule has 0 bridgehead atoms. The summed E-state index contributed by atoms with van der Waals surface area (Å²) in [5, 5.41) is 9.11. The van der Waals surface area contributed by atoms with E-state index in [2.05, 4.69) is 15.9 Å². The molecule has 0 heterocycles. The molecule has 0 saturated carbocycles. The zero-order valence-corrected chi connectivity index (χ0v) is 11.3. The van der Waals surface area contributed by atoms with E-state index in [0.717, 1.165) is 10.0 Å². The van der Waals surface area contributed by atoms with Gasteiger partial charge in [-0.1, -0.05) is 40.2 Å². The van der Waals surface area contributed by atoms with Crippen LogP contribution >= 0.6 is 15.9 Å².